The van der Waals surface area contributed by atoms with Crippen molar-refractivity contribution in [2.24, 2.45) is 0 Å². The topological polar surface area (TPSA) is 95.2 Å². The first kappa shape index (κ1) is 19.9. The number of aromatic nitrogens is 1. The highest BCUT2D eigenvalue weighted by atomic mass is 35.5. The van der Waals surface area contributed by atoms with Gasteiger partial charge in [-0.15, -0.1) is 11.3 Å². The molecule has 1 aliphatic carbocycles. The minimum Gasteiger partial charge on any atom is -0.393 e. The second-order valence-electron chi connectivity index (χ2n) is 6.59. The average molecular weight is 453 g/mol. The maximum absolute atomic E-state index is 12.5. The van der Waals surface area contributed by atoms with Gasteiger partial charge < -0.3 is 25.7 Å². The number of H-pyrrole nitrogens is 1. The van der Waals surface area contributed by atoms with Crippen molar-refractivity contribution < 1.29 is 14.3 Å². The minimum atomic E-state index is -0.623. The fourth-order valence-corrected chi connectivity index (χ4v) is 4.96. The molecule has 7 nitrogen and oxygen atoms in total. The number of nitrogens with one attached hydrogen (secondary N) is 4. The molecule has 10 heteroatoms. The summed E-state index contributed by atoms with van der Waals surface area (Å²) in [6.45, 7) is 2.35. The summed E-state index contributed by atoms with van der Waals surface area (Å²) in [6.07, 6.45) is -0.0366. The molecule has 2 aromatic heterocycles. The van der Waals surface area contributed by atoms with Crippen molar-refractivity contribution in [2.75, 3.05) is 6.54 Å². The molecule has 1 aromatic carbocycles. The zero-order valence-corrected chi connectivity index (χ0v) is 17.7. The second kappa shape index (κ2) is 8.14. The lowest BCUT2D eigenvalue weighted by molar-refractivity contribution is 0.190. The van der Waals surface area contributed by atoms with E-state index < -0.39 is 6.09 Å². The molecule has 29 heavy (non-hydrogen) atoms. The largest absolute Gasteiger partial charge is 0.414 e. The van der Waals surface area contributed by atoms with Crippen LogP contribution in [0.2, 0.25) is 9.36 Å². The van der Waals surface area contributed by atoms with Gasteiger partial charge in [-0.1, -0.05) is 47.5 Å². The van der Waals surface area contributed by atoms with E-state index >= 15 is 0 Å². The number of urea groups is 1. The number of halogens is 2. The number of hydrogen-bond donors (Lipinski definition) is 4. The van der Waals surface area contributed by atoms with E-state index in [2.05, 4.69) is 20.9 Å². The molecule has 3 aromatic rings. The number of amides is 3. The number of rotatable bonds is 4. The van der Waals surface area contributed by atoms with Gasteiger partial charge in [0.15, 0.2) is 0 Å². The number of thiophene rings is 1. The van der Waals surface area contributed by atoms with E-state index in [4.69, 9.17) is 27.9 Å². The molecule has 0 aliphatic heterocycles. The third-order valence-corrected chi connectivity index (χ3v) is 6.64. The van der Waals surface area contributed by atoms with Crippen LogP contribution in [0.25, 0.3) is 10.2 Å². The van der Waals surface area contributed by atoms with Gasteiger partial charge in [-0.2, -0.15) is 0 Å². The van der Waals surface area contributed by atoms with Crippen molar-refractivity contribution in [1.82, 2.24) is 20.9 Å². The Hall–Kier alpha value is -2.42. The smallest absolute Gasteiger partial charge is 0.393 e. The molecule has 1 aliphatic rings. The van der Waals surface area contributed by atoms with Crippen LogP contribution in [0.4, 0.5) is 9.59 Å². The maximum Gasteiger partial charge on any atom is 0.414 e. The molecule has 0 saturated heterocycles. The third-order valence-electron chi connectivity index (χ3n) is 4.71. The van der Waals surface area contributed by atoms with E-state index in [9.17, 15) is 9.59 Å². The normalized spacial score (nSPS) is 17.8. The van der Waals surface area contributed by atoms with Crippen molar-refractivity contribution in [1.29, 1.82) is 0 Å². The molecule has 0 saturated carbocycles. The standard InChI is InChI=1S/C19H18Cl2N4O3S/c1-2-22-18(26)25-15-10-6-4-3-5-9(10)7-11(15)23-19(27)28-13-8-12-16(24-13)14(20)17(21)29-12/h3-6,8,11,15,24H,2,7H2,1H3,(H,23,27)(H2,22,25,26)/t11-,15-/m0/s1. The number of hydrogen-bond acceptors (Lipinski definition) is 4. The highest BCUT2D eigenvalue weighted by Gasteiger charge is 2.35. The van der Waals surface area contributed by atoms with Crippen LogP contribution in [-0.2, 0) is 6.42 Å². The van der Waals surface area contributed by atoms with E-state index in [0.29, 0.717) is 27.8 Å². The van der Waals surface area contributed by atoms with Crippen LogP contribution in [0, 0.1) is 0 Å². The number of aromatic amines is 1. The van der Waals surface area contributed by atoms with Crippen LogP contribution >= 0.6 is 34.5 Å². The molecule has 0 spiro atoms. The highest BCUT2D eigenvalue weighted by Crippen LogP contribution is 2.40. The summed E-state index contributed by atoms with van der Waals surface area (Å²) in [5.41, 5.74) is 2.68. The fourth-order valence-electron chi connectivity index (χ4n) is 3.49. The van der Waals surface area contributed by atoms with Gasteiger partial charge >= 0.3 is 12.1 Å². The van der Waals surface area contributed by atoms with Crippen LogP contribution in [0.15, 0.2) is 30.3 Å². The SMILES string of the molecule is CCNC(=O)N[C@H]1c2ccccc2C[C@@H]1NC(=O)Oc1cc2sc(Cl)c(Cl)c2[nH]1. The number of carbonyl (C=O) groups is 2. The summed E-state index contributed by atoms with van der Waals surface area (Å²) < 4.78 is 6.66. The molecule has 3 amide bonds. The first-order valence-electron chi connectivity index (χ1n) is 9.03. The molecule has 4 N–H and O–H groups in total. The average Bonchev–Trinajstić information content (AvgIpc) is 3.29. The van der Waals surface area contributed by atoms with Crippen molar-refractivity contribution in [3.8, 4) is 5.88 Å². The van der Waals surface area contributed by atoms with Crippen LogP contribution < -0.4 is 20.7 Å². The van der Waals surface area contributed by atoms with Crippen molar-refractivity contribution in [3.63, 3.8) is 0 Å². The van der Waals surface area contributed by atoms with E-state index in [1.54, 1.807) is 6.07 Å². The lowest BCUT2D eigenvalue weighted by Gasteiger charge is -2.22. The molecule has 0 radical (unpaired) electrons. The molecule has 152 valence electrons. The zero-order valence-electron chi connectivity index (χ0n) is 15.3. The number of fused-ring (bicyclic) bond motifs is 2. The van der Waals surface area contributed by atoms with E-state index in [1.807, 2.05) is 31.2 Å². The van der Waals surface area contributed by atoms with Gasteiger partial charge in [-0.3, -0.25) is 0 Å². The van der Waals surface area contributed by atoms with E-state index in [0.717, 1.165) is 15.8 Å². The Morgan fingerprint density at radius 1 is 1.28 bits per heavy atom. The number of carbonyl (C=O) groups excluding carboxylic acids is 2. The Bertz CT molecular complexity index is 1080. The first-order chi connectivity index (χ1) is 14.0. The lowest BCUT2D eigenvalue weighted by Crippen LogP contribution is -2.47. The maximum atomic E-state index is 12.5. The van der Waals surface area contributed by atoms with Gasteiger partial charge in [0.25, 0.3) is 0 Å². The number of benzene rings is 1. The molecule has 4 rings (SSSR count). The summed E-state index contributed by atoms with van der Waals surface area (Å²) in [7, 11) is 0. The van der Waals surface area contributed by atoms with Crippen molar-refractivity contribution >= 4 is 56.9 Å². The van der Waals surface area contributed by atoms with Crippen molar-refractivity contribution in [3.05, 3.63) is 50.8 Å². The quantitative estimate of drug-likeness (QED) is 0.465. The van der Waals surface area contributed by atoms with Gasteiger partial charge in [0.1, 0.15) is 4.34 Å². The monoisotopic (exact) mass is 452 g/mol. The lowest BCUT2D eigenvalue weighted by atomic mass is 10.1. The summed E-state index contributed by atoms with van der Waals surface area (Å²) in [6, 6.07) is 8.47. The number of ether oxygens (including phenoxy) is 1. The predicted molar refractivity (Wildman–Crippen MR) is 114 cm³/mol. The summed E-state index contributed by atoms with van der Waals surface area (Å²) in [5.74, 6) is 0.270. The summed E-state index contributed by atoms with van der Waals surface area (Å²) in [4.78, 5) is 27.5. The fraction of sp³-hybridized carbons (Fsp3) is 0.263. The van der Waals surface area contributed by atoms with Crippen LogP contribution in [0.5, 0.6) is 5.88 Å². The predicted octanol–water partition coefficient (Wildman–Crippen LogP) is 4.61. The van der Waals surface area contributed by atoms with Crippen LogP contribution in [0.3, 0.4) is 0 Å². The van der Waals surface area contributed by atoms with Gasteiger partial charge in [0.2, 0.25) is 5.88 Å². The molecular weight excluding hydrogens is 435 g/mol. The Morgan fingerprint density at radius 2 is 2.07 bits per heavy atom. The Morgan fingerprint density at radius 3 is 2.83 bits per heavy atom. The molecule has 2 heterocycles. The van der Waals surface area contributed by atoms with Gasteiger partial charge in [-0.05, 0) is 24.5 Å². The first-order valence-corrected chi connectivity index (χ1v) is 10.6. The highest BCUT2D eigenvalue weighted by molar-refractivity contribution is 7.23. The van der Waals surface area contributed by atoms with Crippen LogP contribution in [-0.4, -0.2) is 29.7 Å². The van der Waals surface area contributed by atoms with Gasteiger partial charge in [0.05, 0.1) is 27.3 Å². The second-order valence-corrected chi connectivity index (χ2v) is 8.62. The molecule has 0 unspecified atom stereocenters. The van der Waals surface area contributed by atoms with Gasteiger partial charge in [0, 0.05) is 12.6 Å². The van der Waals surface area contributed by atoms with E-state index in [-0.39, 0.29) is 24.0 Å². The Labute approximate surface area is 180 Å². The summed E-state index contributed by atoms with van der Waals surface area (Å²) in [5, 5.41) is 8.90. The molecule has 2 atom stereocenters. The molecule has 0 bridgehead atoms. The van der Waals surface area contributed by atoms with Crippen molar-refractivity contribution in [2.45, 2.75) is 25.4 Å². The minimum absolute atomic E-state index is 0.270. The van der Waals surface area contributed by atoms with Gasteiger partial charge in [-0.25, -0.2) is 9.59 Å². The van der Waals surface area contributed by atoms with E-state index in [1.165, 1.54) is 11.3 Å². The molecule has 0 fully saturated rings. The zero-order chi connectivity index (χ0) is 20.5. The third kappa shape index (κ3) is 4.01. The molecular formula is C19H18Cl2N4O3S. The summed E-state index contributed by atoms with van der Waals surface area (Å²) >= 11 is 13.4. The Balaban J connectivity index is 1.47. The van der Waals surface area contributed by atoms with Crippen LogP contribution in [0.1, 0.15) is 24.1 Å². The Kier molecular flexibility index (Phi) is 5.58.